The Morgan fingerprint density at radius 1 is 0.587 bits per heavy atom. The lowest BCUT2D eigenvalue weighted by molar-refractivity contribution is -0.0500. The first-order valence-electron chi connectivity index (χ1n) is 14.7. The molecule has 0 amide bonds. The van der Waals surface area contributed by atoms with Crippen LogP contribution in [0.15, 0.2) is 133 Å². The van der Waals surface area contributed by atoms with Gasteiger partial charge in [-0.15, -0.1) is 0 Å². The molecular weight excluding hydrogens is 607 g/mol. The van der Waals surface area contributed by atoms with E-state index in [2.05, 4.69) is 53.1 Å². The highest BCUT2D eigenvalue weighted by Crippen LogP contribution is 2.64. The topological polar surface area (TPSA) is 48.3 Å². The molecule has 9 rings (SSSR count). The van der Waals surface area contributed by atoms with Gasteiger partial charge in [0.15, 0.2) is 0 Å². The maximum Gasteiger partial charge on any atom is 0.534 e. The summed E-state index contributed by atoms with van der Waals surface area (Å²) < 4.78 is 71.3. The molecule has 0 saturated heterocycles. The molecule has 46 heavy (non-hydrogen) atoms. The van der Waals surface area contributed by atoms with Crippen molar-refractivity contribution in [3.8, 4) is 33.7 Å². The zero-order valence-electron chi connectivity index (χ0n) is 23.9. The van der Waals surface area contributed by atoms with Crippen LogP contribution in [0.4, 0.5) is 13.2 Å². The molecule has 1 aromatic heterocycles. The molecule has 1 atom stereocenters. The van der Waals surface area contributed by atoms with E-state index in [1.54, 1.807) is 6.07 Å². The molecule has 4 nitrogen and oxygen atoms in total. The molecule has 1 unspecified atom stereocenters. The first kappa shape index (κ1) is 27.0. The third kappa shape index (κ3) is 3.36. The zero-order valence-corrected chi connectivity index (χ0v) is 24.7. The fourth-order valence-corrected chi connectivity index (χ4v) is 8.20. The monoisotopic (exact) mass is 629 g/mol. The van der Waals surface area contributed by atoms with Gasteiger partial charge in [-0.2, -0.15) is 21.6 Å². The van der Waals surface area contributed by atoms with Gasteiger partial charge in [-0.05, 0) is 80.9 Å². The van der Waals surface area contributed by atoms with Crippen LogP contribution in [0.25, 0.3) is 49.7 Å². The Hall–Kier alpha value is -5.34. The maximum absolute atomic E-state index is 13.4. The molecule has 0 fully saturated rings. The highest BCUT2D eigenvalue weighted by Gasteiger charge is 2.53. The lowest BCUT2D eigenvalue weighted by atomic mass is 9.70. The van der Waals surface area contributed by atoms with Gasteiger partial charge in [0.25, 0.3) is 0 Å². The maximum atomic E-state index is 13.4. The van der Waals surface area contributed by atoms with Crippen molar-refractivity contribution in [2.75, 3.05) is 0 Å². The number of nitrogens with zero attached hydrogens (tertiary/aromatic N) is 1. The summed E-state index contributed by atoms with van der Waals surface area (Å²) in [6, 6.07) is 43.1. The van der Waals surface area contributed by atoms with E-state index in [1.165, 1.54) is 12.1 Å². The molecule has 0 N–H and O–H groups in total. The third-order valence-electron chi connectivity index (χ3n) is 9.36. The first-order chi connectivity index (χ1) is 22.2. The van der Waals surface area contributed by atoms with E-state index in [9.17, 15) is 21.6 Å². The average Bonchev–Trinajstić information content (AvgIpc) is 3.66. The van der Waals surface area contributed by atoms with Crippen molar-refractivity contribution in [2.45, 2.75) is 10.9 Å². The summed E-state index contributed by atoms with van der Waals surface area (Å²) in [5, 5.41) is 2.14. The Labute approximate surface area is 262 Å². The van der Waals surface area contributed by atoms with Gasteiger partial charge < -0.3 is 8.75 Å². The second-order valence-corrected chi connectivity index (χ2v) is 13.1. The molecular formula is C38H22F3NO3S. The van der Waals surface area contributed by atoms with Crippen molar-refractivity contribution in [2.24, 2.45) is 0 Å². The van der Waals surface area contributed by atoms with E-state index < -0.39 is 26.8 Å². The summed E-state index contributed by atoms with van der Waals surface area (Å²) in [6.07, 6.45) is 0. The minimum absolute atomic E-state index is 0.393. The molecule has 224 valence electrons. The van der Waals surface area contributed by atoms with Gasteiger partial charge in [0.1, 0.15) is 5.75 Å². The third-order valence-corrected chi connectivity index (χ3v) is 10.3. The Morgan fingerprint density at radius 3 is 1.98 bits per heavy atom. The van der Waals surface area contributed by atoms with Crippen molar-refractivity contribution in [3.63, 3.8) is 0 Å². The molecule has 6 aromatic carbocycles. The predicted octanol–water partition coefficient (Wildman–Crippen LogP) is 9.36. The summed E-state index contributed by atoms with van der Waals surface area (Å²) in [5.41, 5.74) is 3.98. The lowest BCUT2D eigenvalue weighted by Crippen LogP contribution is -2.28. The smallest absolute Gasteiger partial charge is 0.376 e. The van der Waals surface area contributed by atoms with Crippen LogP contribution in [0.2, 0.25) is 0 Å². The summed E-state index contributed by atoms with van der Waals surface area (Å²) >= 11 is 0. The fourth-order valence-electron chi connectivity index (χ4n) is 7.75. The van der Waals surface area contributed by atoms with E-state index in [4.69, 9.17) is 4.18 Å². The van der Waals surface area contributed by atoms with Gasteiger partial charge in [0, 0.05) is 16.5 Å². The highest BCUT2D eigenvalue weighted by molar-refractivity contribution is 7.88. The van der Waals surface area contributed by atoms with Gasteiger partial charge >= 0.3 is 15.6 Å². The predicted molar refractivity (Wildman–Crippen MR) is 173 cm³/mol. The molecule has 0 bridgehead atoms. The van der Waals surface area contributed by atoms with Crippen LogP contribution in [0.3, 0.4) is 0 Å². The number of benzene rings is 6. The number of hydrogen-bond donors (Lipinski definition) is 0. The number of alkyl halides is 3. The van der Waals surface area contributed by atoms with Crippen molar-refractivity contribution in [3.05, 3.63) is 156 Å². The van der Waals surface area contributed by atoms with Gasteiger partial charge in [0.2, 0.25) is 0 Å². The average molecular weight is 630 g/mol. The van der Waals surface area contributed by atoms with Crippen LogP contribution >= 0.6 is 0 Å². The van der Waals surface area contributed by atoms with E-state index >= 15 is 0 Å². The van der Waals surface area contributed by atoms with E-state index in [1.807, 2.05) is 66.7 Å². The van der Waals surface area contributed by atoms with Crippen molar-refractivity contribution in [1.29, 1.82) is 0 Å². The number of halogens is 3. The molecule has 0 aliphatic heterocycles. The van der Waals surface area contributed by atoms with Gasteiger partial charge in [-0.25, -0.2) is 0 Å². The molecule has 8 heteroatoms. The number of hydrogen-bond acceptors (Lipinski definition) is 3. The molecule has 1 spiro atoms. The van der Waals surface area contributed by atoms with Gasteiger partial charge in [-0.1, -0.05) is 97.1 Å². The van der Waals surface area contributed by atoms with Crippen molar-refractivity contribution >= 4 is 31.9 Å². The van der Waals surface area contributed by atoms with Crippen molar-refractivity contribution < 1.29 is 25.8 Å². The van der Waals surface area contributed by atoms with E-state index in [0.29, 0.717) is 5.56 Å². The molecule has 1 heterocycles. The second-order valence-electron chi connectivity index (χ2n) is 11.6. The van der Waals surface area contributed by atoms with Gasteiger partial charge in [-0.3, -0.25) is 0 Å². The first-order valence-corrected chi connectivity index (χ1v) is 16.1. The number of rotatable bonds is 3. The number of fused-ring (bicyclic) bond motifs is 14. The number of aromatic nitrogens is 1. The van der Waals surface area contributed by atoms with Crippen LogP contribution in [0.1, 0.15) is 22.3 Å². The summed E-state index contributed by atoms with van der Waals surface area (Å²) in [5.74, 6) is -0.393. The number of para-hydroxylation sites is 2. The van der Waals surface area contributed by atoms with E-state index in [-0.39, 0.29) is 0 Å². The van der Waals surface area contributed by atoms with Crippen LogP contribution in [0, 0.1) is 0 Å². The van der Waals surface area contributed by atoms with Crippen LogP contribution in [-0.2, 0) is 15.5 Å². The Kier molecular flexibility index (Phi) is 5.35. The summed E-state index contributed by atoms with van der Waals surface area (Å²) in [6.45, 7) is 0. The fraction of sp³-hybridized carbons (Fsp3) is 0.0526. The largest absolute Gasteiger partial charge is 0.534 e. The SMILES string of the molecule is O=S(=O)(Oc1ccc2c(c1)C1(c3ccccc3-2)c2ccccc2-c2c1ccc1c2c2ccccc2n1-c1ccccc1)C(F)(F)F. The minimum atomic E-state index is -5.87. The molecule has 2 aliphatic rings. The lowest BCUT2D eigenvalue weighted by Gasteiger charge is -2.30. The Bertz CT molecular complexity index is 2520. The standard InChI is InChI=1S/C38H22F3NO3S/c39-38(40,41)46(43,44)45-24-18-19-26-25-12-4-7-15-29(25)37(32(26)22-24)30-16-8-5-13-27(30)35-31(37)20-21-34-36(35)28-14-6-9-17-33(28)42(34)23-10-2-1-3-11-23/h1-22H. The van der Waals surface area contributed by atoms with Gasteiger partial charge in [0.05, 0.1) is 16.4 Å². The second kappa shape index (κ2) is 9.11. The van der Waals surface area contributed by atoms with Crippen LogP contribution in [0.5, 0.6) is 5.75 Å². The summed E-state index contributed by atoms with van der Waals surface area (Å²) in [4.78, 5) is 0. The van der Waals surface area contributed by atoms with Crippen LogP contribution < -0.4 is 4.18 Å². The summed E-state index contributed by atoms with van der Waals surface area (Å²) in [7, 11) is -5.87. The molecule has 7 aromatic rings. The quantitative estimate of drug-likeness (QED) is 0.145. The molecule has 0 saturated carbocycles. The zero-order chi connectivity index (χ0) is 31.4. The highest BCUT2D eigenvalue weighted by atomic mass is 32.2. The Morgan fingerprint density at radius 2 is 1.22 bits per heavy atom. The molecule has 2 aliphatic carbocycles. The van der Waals surface area contributed by atoms with Crippen molar-refractivity contribution in [1.82, 2.24) is 4.57 Å². The van der Waals surface area contributed by atoms with Crippen LogP contribution in [-0.4, -0.2) is 18.5 Å². The molecule has 0 radical (unpaired) electrons. The minimum Gasteiger partial charge on any atom is -0.376 e. The van der Waals surface area contributed by atoms with E-state index in [0.717, 1.165) is 66.4 Å². The normalized spacial score (nSPS) is 16.4. The Balaban J connectivity index is 1.41.